The van der Waals surface area contributed by atoms with Gasteiger partial charge in [-0.1, -0.05) is 11.6 Å². The van der Waals surface area contributed by atoms with Gasteiger partial charge in [0.2, 0.25) is 0 Å². The summed E-state index contributed by atoms with van der Waals surface area (Å²) in [6.07, 6.45) is 1.54. The summed E-state index contributed by atoms with van der Waals surface area (Å²) in [5, 5.41) is 0.589. The lowest BCUT2D eigenvalue weighted by atomic mass is 10.3. The molecular formula is C7H9ClN4. The molecule has 0 bridgehead atoms. The highest BCUT2D eigenvalue weighted by Gasteiger charge is 2.00. The molecule has 12 heavy (non-hydrogen) atoms. The maximum Gasteiger partial charge on any atom is 0.161 e. The van der Waals surface area contributed by atoms with Gasteiger partial charge in [-0.25, -0.2) is 5.84 Å². The van der Waals surface area contributed by atoms with E-state index < -0.39 is 0 Å². The first-order valence-electron chi connectivity index (χ1n) is 3.33. The SMILES string of the molecule is CN=C(NN)c1ccc(Cl)cn1. The van der Waals surface area contributed by atoms with E-state index in [2.05, 4.69) is 15.4 Å². The maximum absolute atomic E-state index is 5.65. The Morgan fingerprint density at radius 3 is 2.83 bits per heavy atom. The third kappa shape index (κ3) is 1.93. The van der Waals surface area contributed by atoms with Crippen LogP contribution in [0.15, 0.2) is 23.3 Å². The Balaban J connectivity index is 2.96. The van der Waals surface area contributed by atoms with Crippen molar-refractivity contribution in [2.45, 2.75) is 0 Å². The maximum atomic E-state index is 5.65. The van der Waals surface area contributed by atoms with E-state index in [1.54, 1.807) is 25.4 Å². The fraction of sp³-hybridized carbons (Fsp3) is 0.143. The second-order valence-electron chi connectivity index (χ2n) is 2.08. The number of nitrogens with zero attached hydrogens (tertiary/aromatic N) is 2. The molecule has 1 aromatic rings. The average Bonchev–Trinajstić information content (AvgIpc) is 2.10. The molecule has 0 aliphatic carbocycles. The van der Waals surface area contributed by atoms with Crippen LogP contribution in [-0.2, 0) is 0 Å². The number of aromatic nitrogens is 1. The molecule has 1 heterocycles. The first-order valence-corrected chi connectivity index (χ1v) is 3.71. The molecule has 1 aromatic heterocycles. The number of halogens is 1. The monoisotopic (exact) mass is 184 g/mol. The molecule has 5 heteroatoms. The molecule has 0 atom stereocenters. The van der Waals surface area contributed by atoms with Gasteiger partial charge in [-0.05, 0) is 12.1 Å². The van der Waals surface area contributed by atoms with Gasteiger partial charge in [-0.2, -0.15) is 0 Å². The number of nitrogens with one attached hydrogen (secondary N) is 1. The van der Waals surface area contributed by atoms with Crippen molar-refractivity contribution in [2.24, 2.45) is 10.8 Å². The fourth-order valence-electron chi connectivity index (χ4n) is 0.769. The largest absolute Gasteiger partial charge is 0.307 e. The first kappa shape index (κ1) is 8.96. The lowest BCUT2D eigenvalue weighted by molar-refractivity contribution is 1.01. The van der Waals surface area contributed by atoms with Crippen LogP contribution in [0.4, 0.5) is 0 Å². The van der Waals surface area contributed by atoms with Crippen molar-refractivity contribution in [1.82, 2.24) is 10.4 Å². The number of amidine groups is 1. The molecule has 0 saturated heterocycles. The van der Waals surface area contributed by atoms with Crippen molar-refractivity contribution >= 4 is 17.4 Å². The molecule has 0 fully saturated rings. The predicted molar refractivity (Wildman–Crippen MR) is 49.0 cm³/mol. The molecule has 0 aliphatic heterocycles. The minimum Gasteiger partial charge on any atom is -0.307 e. The van der Waals surface area contributed by atoms with Gasteiger partial charge in [-0.15, -0.1) is 0 Å². The molecule has 0 amide bonds. The Labute approximate surface area is 75.4 Å². The summed E-state index contributed by atoms with van der Waals surface area (Å²) in [6, 6.07) is 3.47. The minimum absolute atomic E-state index is 0.534. The van der Waals surface area contributed by atoms with Gasteiger partial charge in [0.05, 0.1) is 5.02 Å². The van der Waals surface area contributed by atoms with E-state index in [4.69, 9.17) is 17.4 Å². The lowest BCUT2D eigenvalue weighted by Gasteiger charge is -2.02. The normalized spacial score (nSPS) is 11.4. The summed E-state index contributed by atoms with van der Waals surface area (Å²) in [4.78, 5) is 7.90. The lowest BCUT2D eigenvalue weighted by Crippen LogP contribution is -2.31. The number of hydrogen-bond acceptors (Lipinski definition) is 3. The van der Waals surface area contributed by atoms with Crippen molar-refractivity contribution in [3.05, 3.63) is 29.0 Å². The van der Waals surface area contributed by atoms with Gasteiger partial charge in [0.15, 0.2) is 5.84 Å². The predicted octanol–water partition coefficient (Wildman–Crippen LogP) is 0.575. The Morgan fingerprint density at radius 1 is 1.67 bits per heavy atom. The van der Waals surface area contributed by atoms with Crippen molar-refractivity contribution in [3.63, 3.8) is 0 Å². The van der Waals surface area contributed by atoms with E-state index in [0.717, 1.165) is 0 Å². The summed E-state index contributed by atoms with van der Waals surface area (Å²) in [5.41, 5.74) is 3.10. The number of rotatable bonds is 1. The second kappa shape index (κ2) is 4.04. The number of nitrogens with two attached hydrogens (primary N) is 1. The van der Waals surface area contributed by atoms with E-state index in [0.29, 0.717) is 16.6 Å². The van der Waals surface area contributed by atoms with Gasteiger partial charge in [0, 0.05) is 13.2 Å². The van der Waals surface area contributed by atoms with Crippen molar-refractivity contribution in [3.8, 4) is 0 Å². The van der Waals surface area contributed by atoms with E-state index in [-0.39, 0.29) is 0 Å². The Morgan fingerprint density at radius 2 is 2.42 bits per heavy atom. The molecule has 3 N–H and O–H groups in total. The number of pyridine rings is 1. The van der Waals surface area contributed by atoms with E-state index in [1.807, 2.05) is 0 Å². The minimum atomic E-state index is 0.534. The summed E-state index contributed by atoms with van der Waals surface area (Å²) < 4.78 is 0. The summed E-state index contributed by atoms with van der Waals surface area (Å²) in [7, 11) is 1.63. The molecule has 1 rings (SSSR count). The number of aliphatic imine (C=N–C) groups is 1. The Bertz CT molecular complexity index is 280. The summed E-state index contributed by atoms with van der Waals surface area (Å²) in [5.74, 6) is 5.73. The first-order chi connectivity index (χ1) is 5.77. The van der Waals surface area contributed by atoms with E-state index >= 15 is 0 Å². The molecule has 0 aliphatic rings. The van der Waals surface area contributed by atoms with Crippen molar-refractivity contribution in [2.75, 3.05) is 7.05 Å². The van der Waals surface area contributed by atoms with E-state index in [1.165, 1.54) is 0 Å². The fourth-order valence-corrected chi connectivity index (χ4v) is 0.881. The number of hydrazine groups is 1. The smallest absolute Gasteiger partial charge is 0.161 e. The van der Waals surface area contributed by atoms with Crippen LogP contribution in [0.3, 0.4) is 0 Å². The zero-order valence-corrected chi connectivity index (χ0v) is 7.34. The highest BCUT2D eigenvalue weighted by Crippen LogP contribution is 2.05. The van der Waals surface area contributed by atoms with E-state index in [9.17, 15) is 0 Å². The van der Waals surface area contributed by atoms with Crippen LogP contribution in [0, 0.1) is 0 Å². The molecule has 0 unspecified atom stereocenters. The van der Waals surface area contributed by atoms with Gasteiger partial charge in [0.1, 0.15) is 5.69 Å². The average molecular weight is 185 g/mol. The Hall–Kier alpha value is -1.13. The van der Waals surface area contributed by atoms with Crippen LogP contribution in [0.25, 0.3) is 0 Å². The van der Waals surface area contributed by atoms with Crippen LogP contribution in [0.5, 0.6) is 0 Å². The van der Waals surface area contributed by atoms with Crippen LogP contribution in [0.2, 0.25) is 5.02 Å². The third-order valence-electron chi connectivity index (χ3n) is 1.33. The summed E-state index contributed by atoms with van der Waals surface area (Å²) in [6.45, 7) is 0. The molecule has 4 nitrogen and oxygen atoms in total. The van der Waals surface area contributed by atoms with Crippen molar-refractivity contribution in [1.29, 1.82) is 0 Å². The highest BCUT2D eigenvalue weighted by atomic mass is 35.5. The Kier molecular flexibility index (Phi) is 3.01. The molecule has 0 saturated carbocycles. The van der Waals surface area contributed by atoms with Crippen LogP contribution < -0.4 is 11.3 Å². The molecule has 0 radical (unpaired) electrons. The zero-order valence-electron chi connectivity index (χ0n) is 6.58. The van der Waals surface area contributed by atoms with Gasteiger partial charge in [-0.3, -0.25) is 9.98 Å². The third-order valence-corrected chi connectivity index (χ3v) is 1.55. The standard InChI is InChI=1S/C7H9ClN4/c1-10-7(12-9)6-3-2-5(8)4-11-6/h2-4H,9H2,1H3,(H,10,12). The van der Waals surface area contributed by atoms with Gasteiger partial charge in [0.25, 0.3) is 0 Å². The zero-order chi connectivity index (χ0) is 8.97. The van der Waals surface area contributed by atoms with Crippen LogP contribution >= 0.6 is 11.6 Å². The molecule has 0 spiro atoms. The highest BCUT2D eigenvalue weighted by molar-refractivity contribution is 6.30. The quantitative estimate of drug-likeness (QED) is 0.290. The molecular weight excluding hydrogens is 176 g/mol. The molecule has 0 aromatic carbocycles. The summed E-state index contributed by atoms with van der Waals surface area (Å²) >= 11 is 5.65. The van der Waals surface area contributed by atoms with Crippen LogP contribution in [0.1, 0.15) is 5.69 Å². The van der Waals surface area contributed by atoms with Crippen molar-refractivity contribution < 1.29 is 0 Å². The topological polar surface area (TPSA) is 63.3 Å². The number of hydrogen-bond donors (Lipinski definition) is 2. The molecule has 64 valence electrons. The van der Waals surface area contributed by atoms with Crippen LogP contribution in [-0.4, -0.2) is 17.9 Å². The van der Waals surface area contributed by atoms with Gasteiger partial charge < -0.3 is 5.43 Å². The van der Waals surface area contributed by atoms with Gasteiger partial charge >= 0.3 is 0 Å². The second-order valence-corrected chi connectivity index (χ2v) is 2.51.